The van der Waals surface area contributed by atoms with Crippen LogP contribution in [0.3, 0.4) is 0 Å². The van der Waals surface area contributed by atoms with Gasteiger partial charge in [-0.1, -0.05) is 0 Å². The van der Waals surface area contributed by atoms with Crippen LogP contribution in [-0.2, 0) is 4.79 Å². The van der Waals surface area contributed by atoms with E-state index in [4.69, 9.17) is 5.11 Å². The number of rotatable bonds is 2. The average molecular weight is 458 g/mol. The van der Waals surface area contributed by atoms with Crippen molar-refractivity contribution in [3.63, 3.8) is 0 Å². The normalized spacial score (nSPS) is 15.1. The van der Waals surface area contributed by atoms with Gasteiger partial charge >= 0.3 is 141 Å². The molecule has 6 heteroatoms. The Morgan fingerprint density at radius 1 is 1.38 bits per heavy atom. The molecule has 0 spiro atoms. The van der Waals surface area contributed by atoms with Gasteiger partial charge in [-0.2, -0.15) is 0 Å². The number of nitrogens with one attached hydrogen (secondary N) is 1. The summed E-state index contributed by atoms with van der Waals surface area (Å²) in [4.78, 5) is 23.2. The Morgan fingerprint density at radius 3 is 2.81 bits per heavy atom. The predicted molar refractivity (Wildman–Crippen MR) is 90.7 cm³/mol. The Labute approximate surface area is 140 Å². The molecule has 1 aromatic carbocycles. The molecular formula is C15H10INO3Se. The Hall–Kier alpha value is -1.37. The summed E-state index contributed by atoms with van der Waals surface area (Å²) < 4.78 is 2.84. The van der Waals surface area contributed by atoms with Crippen LogP contribution in [0.15, 0.2) is 24.3 Å². The van der Waals surface area contributed by atoms with E-state index in [2.05, 4.69) is 27.9 Å². The molecule has 0 saturated heterocycles. The number of carbonyl (C=O) groups is 2. The van der Waals surface area contributed by atoms with Crippen LogP contribution in [0.1, 0.15) is 24.8 Å². The average Bonchev–Trinajstić information content (AvgIpc) is 2.92. The van der Waals surface area contributed by atoms with Crippen molar-refractivity contribution in [1.29, 1.82) is 0 Å². The molecule has 1 aromatic heterocycles. The van der Waals surface area contributed by atoms with E-state index in [0.717, 1.165) is 23.7 Å². The molecule has 2 aromatic rings. The molecule has 4 nitrogen and oxygen atoms in total. The summed E-state index contributed by atoms with van der Waals surface area (Å²) in [6.45, 7) is 1.83. The zero-order chi connectivity index (χ0) is 15.1. The molecule has 3 rings (SSSR count). The van der Waals surface area contributed by atoms with Gasteiger partial charge in [-0.25, -0.2) is 0 Å². The van der Waals surface area contributed by atoms with Gasteiger partial charge in [-0.15, -0.1) is 0 Å². The van der Waals surface area contributed by atoms with Crippen LogP contribution >= 0.6 is 22.6 Å². The minimum absolute atomic E-state index is 0.0360. The number of hydrogen-bond acceptors (Lipinski definition) is 2. The van der Waals surface area contributed by atoms with Gasteiger partial charge in [-0.05, 0) is 0 Å². The van der Waals surface area contributed by atoms with Crippen LogP contribution in [0.5, 0.6) is 0 Å². The molecule has 1 aliphatic heterocycles. The molecule has 0 bridgehead atoms. The van der Waals surface area contributed by atoms with E-state index >= 15 is 0 Å². The second-order valence-electron chi connectivity index (χ2n) is 4.63. The van der Waals surface area contributed by atoms with Gasteiger partial charge in [0, 0.05) is 0 Å². The van der Waals surface area contributed by atoms with Crippen molar-refractivity contribution in [2.75, 3.05) is 5.32 Å². The third-order valence-corrected chi connectivity index (χ3v) is 5.98. The molecule has 2 N–H and O–H groups in total. The van der Waals surface area contributed by atoms with Crippen molar-refractivity contribution < 1.29 is 14.7 Å². The molecule has 106 valence electrons. The Morgan fingerprint density at radius 2 is 2.14 bits per heavy atom. The predicted octanol–water partition coefficient (Wildman–Crippen LogP) is 2.85. The first kappa shape index (κ1) is 14.6. The van der Waals surface area contributed by atoms with E-state index in [9.17, 15) is 9.59 Å². The summed E-state index contributed by atoms with van der Waals surface area (Å²) in [5.74, 6) is -1.04. The summed E-state index contributed by atoms with van der Waals surface area (Å²) >= 11 is 2.17. The van der Waals surface area contributed by atoms with Gasteiger partial charge in [-0.3, -0.25) is 0 Å². The van der Waals surface area contributed by atoms with E-state index in [-0.39, 0.29) is 20.4 Å². The van der Waals surface area contributed by atoms with E-state index < -0.39 is 5.97 Å². The number of carboxylic acids is 1. The van der Waals surface area contributed by atoms with Gasteiger partial charge in [0.25, 0.3) is 0 Å². The number of carbonyl (C=O) groups excluding carboxylic acids is 1. The number of aryl methyl sites for hydroxylation is 1. The topological polar surface area (TPSA) is 66.4 Å². The van der Waals surface area contributed by atoms with Crippen LogP contribution in [0.4, 0.5) is 5.69 Å². The monoisotopic (exact) mass is 459 g/mol. The Balaban J connectivity index is 2.08. The summed E-state index contributed by atoms with van der Waals surface area (Å²) in [7, 11) is 0. The van der Waals surface area contributed by atoms with Crippen LogP contribution in [0.2, 0.25) is 0 Å². The quantitative estimate of drug-likeness (QED) is 0.414. The number of anilines is 1. The fourth-order valence-electron chi connectivity index (χ4n) is 2.23. The number of benzene rings is 1. The summed E-state index contributed by atoms with van der Waals surface area (Å²) in [6, 6.07) is 7.45. The van der Waals surface area contributed by atoms with Crippen LogP contribution in [0, 0.1) is 10.5 Å². The van der Waals surface area contributed by atoms with Crippen molar-refractivity contribution in [2.24, 2.45) is 0 Å². The third-order valence-electron chi connectivity index (χ3n) is 3.22. The first-order chi connectivity index (χ1) is 9.95. The fourth-order valence-corrected chi connectivity index (χ4v) is 4.75. The van der Waals surface area contributed by atoms with Gasteiger partial charge in [0.15, 0.2) is 0 Å². The van der Waals surface area contributed by atoms with E-state index in [1.807, 2.05) is 31.2 Å². The SMILES string of the molecule is Cc1[se]c(/C=C2\C(=O)Nc3ccc(I)cc32)cc1C(=O)O. The Bertz CT molecular complexity index is 807. The molecule has 0 unspecified atom stereocenters. The third kappa shape index (κ3) is 2.71. The number of fused-ring (bicyclic) bond motifs is 1. The van der Waals surface area contributed by atoms with Crippen molar-refractivity contribution >= 4 is 66.3 Å². The van der Waals surface area contributed by atoms with Crippen LogP contribution < -0.4 is 5.32 Å². The van der Waals surface area contributed by atoms with Gasteiger partial charge < -0.3 is 0 Å². The maximum atomic E-state index is 12.1. The zero-order valence-corrected chi connectivity index (χ0v) is 14.8. The second-order valence-corrected chi connectivity index (χ2v) is 8.57. The first-order valence-electron chi connectivity index (χ1n) is 6.12. The standard InChI is InChI=1S/C15H10INO3Se/c1-7-10(15(19)20)5-9(21-7)6-12-11-4-8(16)2-3-13(11)17-14(12)18/h2-6H,1H3,(H,17,18)(H,19,20)/b12-6-. The van der Waals surface area contributed by atoms with Crippen molar-refractivity contribution in [3.05, 3.63) is 47.8 Å². The molecule has 21 heavy (non-hydrogen) atoms. The van der Waals surface area contributed by atoms with E-state index in [0.29, 0.717) is 11.1 Å². The molecule has 1 aliphatic rings. The molecule has 0 fully saturated rings. The van der Waals surface area contributed by atoms with Gasteiger partial charge in [0.05, 0.1) is 0 Å². The van der Waals surface area contributed by atoms with Crippen LogP contribution in [-0.4, -0.2) is 31.5 Å². The van der Waals surface area contributed by atoms with Crippen molar-refractivity contribution in [3.8, 4) is 0 Å². The Kier molecular flexibility index (Phi) is 3.77. The van der Waals surface area contributed by atoms with Crippen LogP contribution in [0.25, 0.3) is 11.6 Å². The number of halogens is 1. The molecule has 0 aliphatic carbocycles. The number of hydrogen-bond donors (Lipinski definition) is 2. The summed E-state index contributed by atoms with van der Waals surface area (Å²) in [5.41, 5.74) is 2.64. The summed E-state index contributed by atoms with van der Waals surface area (Å²) in [5, 5.41) is 11.9. The second kappa shape index (κ2) is 5.44. The molecule has 0 radical (unpaired) electrons. The summed E-state index contributed by atoms with van der Waals surface area (Å²) in [6.07, 6.45) is 1.82. The van der Waals surface area contributed by atoms with Gasteiger partial charge in [0.2, 0.25) is 0 Å². The number of amides is 1. The van der Waals surface area contributed by atoms with Crippen molar-refractivity contribution in [1.82, 2.24) is 0 Å². The first-order valence-corrected chi connectivity index (χ1v) is 8.91. The molecule has 2 heterocycles. The minimum atomic E-state index is -0.909. The van der Waals surface area contributed by atoms with E-state index in [1.165, 1.54) is 0 Å². The van der Waals surface area contributed by atoms with Crippen molar-refractivity contribution in [2.45, 2.75) is 6.92 Å². The zero-order valence-electron chi connectivity index (χ0n) is 10.9. The molecule has 0 saturated carbocycles. The molecule has 0 atom stereocenters. The molecular weight excluding hydrogens is 448 g/mol. The number of aromatic carboxylic acids is 1. The van der Waals surface area contributed by atoms with Gasteiger partial charge in [0.1, 0.15) is 0 Å². The number of carboxylic acid groups (broad SMARTS) is 1. The fraction of sp³-hybridized carbons (Fsp3) is 0.0667. The van der Waals surface area contributed by atoms with E-state index in [1.54, 1.807) is 6.07 Å². The molecule has 1 amide bonds. The maximum absolute atomic E-state index is 12.1.